The van der Waals surface area contributed by atoms with Gasteiger partial charge >= 0.3 is 5.97 Å². The first kappa shape index (κ1) is 13.7. The van der Waals surface area contributed by atoms with Gasteiger partial charge in [0, 0.05) is 11.6 Å². The van der Waals surface area contributed by atoms with Gasteiger partial charge in [-0.1, -0.05) is 0 Å². The predicted molar refractivity (Wildman–Crippen MR) is 71.0 cm³/mol. The summed E-state index contributed by atoms with van der Waals surface area (Å²) >= 11 is 0. The molecule has 4 nitrogen and oxygen atoms in total. The van der Waals surface area contributed by atoms with E-state index in [1.54, 1.807) is 0 Å². The Balaban J connectivity index is 2.04. The average Bonchev–Trinajstić information content (AvgIpc) is 2.42. The fourth-order valence-corrected chi connectivity index (χ4v) is 1.47. The van der Waals surface area contributed by atoms with E-state index in [4.69, 9.17) is 5.11 Å². The maximum Gasteiger partial charge on any atom is 0.335 e. The number of benzene rings is 2. The van der Waals surface area contributed by atoms with Gasteiger partial charge in [0.1, 0.15) is 11.6 Å². The molecular weight excluding hydrogens is 266 g/mol. The molecule has 0 aromatic heterocycles. The number of carboxylic acid groups (broad SMARTS) is 1. The molecular formula is C14H10F2N2O2. The number of halogens is 2. The van der Waals surface area contributed by atoms with Crippen molar-refractivity contribution in [3.63, 3.8) is 0 Å². The number of rotatable bonds is 4. The van der Waals surface area contributed by atoms with E-state index in [1.165, 1.54) is 36.5 Å². The molecule has 6 heteroatoms. The minimum atomic E-state index is -1.02. The molecule has 2 rings (SSSR count). The van der Waals surface area contributed by atoms with Crippen molar-refractivity contribution in [2.45, 2.75) is 0 Å². The molecule has 0 spiro atoms. The van der Waals surface area contributed by atoms with Crippen molar-refractivity contribution in [2.24, 2.45) is 5.10 Å². The third-order valence-electron chi connectivity index (χ3n) is 2.49. The third-order valence-corrected chi connectivity index (χ3v) is 2.49. The van der Waals surface area contributed by atoms with Crippen LogP contribution in [0.15, 0.2) is 47.6 Å². The lowest BCUT2D eigenvalue weighted by molar-refractivity contribution is 0.0697. The van der Waals surface area contributed by atoms with E-state index in [-0.39, 0.29) is 11.1 Å². The van der Waals surface area contributed by atoms with E-state index < -0.39 is 17.6 Å². The minimum Gasteiger partial charge on any atom is -0.478 e. The van der Waals surface area contributed by atoms with E-state index in [2.05, 4.69) is 10.5 Å². The van der Waals surface area contributed by atoms with Crippen molar-refractivity contribution in [2.75, 3.05) is 5.43 Å². The van der Waals surface area contributed by atoms with Crippen LogP contribution in [-0.4, -0.2) is 17.3 Å². The van der Waals surface area contributed by atoms with Crippen LogP contribution in [0.2, 0.25) is 0 Å². The predicted octanol–water partition coefficient (Wildman–Crippen LogP) is 3.11. The van der Waals surface area contributed by atoms with Crippen molar-refractivity contribution >= 4 is 17.9 Å². The summed E-state index contributed by atoms with van der Waals surface area (Å²) in [6.07, 6.45) is 1.21. The van der Waals surface area contributed by atoms with Gasteiger partial charge in [-0.15, -0.1) is 0 Å². The van der Waals surface area contributed by atoms with Gasteiger partial charge in [-0.25, -0.2) is 13.6 Å². The number of hydrazone groups is 1. The van der Waals surface area contributed by atoms with Crippen LogP contribution in [0.1, 0.15) is 15.9 Å². The second kappa shape index (κ2) is 5.92. The van der Waals surface area contributed by atoms with Gasteiger partial charge in [-0.2, -0.15) is 5.10 Å². The smallest absolute Gasteiger partial charge is 0.335 e. The summed E-state index contributed by atoms with van der Waals surface area (Å²) in [4.78, 5) is 10.7. The second-order valence-corrected chi connectivity index (χ2v) is 3.92. The van der Waals surface area contributed by atoms with Gasteiger partial charge in [0.15, 0.2) is 0 Å². The third kappa shape index (κ3) is 3.38. The molecule has 0 aliphatic heterocycles. The lowest BCUT2D eigenvalue weighted by Gasteiger charge is -2.01. The molecule has 0 aliphatic rings. The summed E-state index contributed by atoms with van der Waals surface area (Å²) < 4.78 is 26.0. The zero-order valence-electron chi connectivity index (χ0n) is 10.2. The van der Waals surface area contributed by atoms with Crippen LogP contribution in [0.3, 0.4) is 0 Å². The highest BCUT2D eigenvalue weighted by Crippen LogP contribution is 2.10. The molecule has 0 saturated heterocycles. The first-order chi connectivity index (χ1) is 9.56. The molecule has 102 valence electrons. The van der Waals surface area contributed by atoms with E-state index >= 15 is 0 Å². The lowest BCUT2D eigenvalue weighted by Crippen LogP contribution is -1.97. The molecule has 0 atom stereocenters. The number of hydrogen-bond donors (Lipinski definition) is 2. The zero-order valence-corrected chi connectivity index (χ0v) is 10.2. The Morgan fingerprint density at radius 2 is 1.85 bits per heavy atom. The number of nitrogens with zero attached hydrogens (tertiary/aromatic N) is 1. The maximum atomic E-state index is 13.3. The molecule has 0 saturated carbocycles. The topological polar surface area (TPSA) is 61.7 Å². The van der Waals surface area contributed by atoms with Crippen LogP contribution >= 0.6 is 0 Å². The summed E-state index contributed by atoms with van der Waals surface area (Å²) in [6.45, 7) is 0. The van der Waals surface area contributed by atoms with Crippen molar-refractivity contribution in [3.8, 4) is 0 Å². The Morgan fingerprint density at radius 3 is 2.45 bits per heavy atom. The number of aromatic carboxylic acids is 1. The Labute approximate surface area is 113 Å². The van der Waals surface area contributed by atoms with Gasteiger partial charge in [-0.3, -0.25) is 5.43 Å². The maximum absolute atomic E-state index is 13.3. The lowest BCUT2D eigenvalue weighted by atomic mass is 10.2. The standard InChI is InChI=1S/C14H10F2N2O2/c15-11-4-1-10(13(16)7-11)8-17-18-12-5-2-9(3-6-12)14(19)20/h1-8,18H,(H,19,20)/b17-8-. The molecule has 20 heavy (non-hydrogen) atoms. The van der Waals surface area contributed by atoms with Crippen molar-refractivity contribution in [1.29, 1.82) is 0 Å². The van der Waals surface area contributed by atoms with Gasteiger partial charge in [-0.05, 0) is 36.4 Å². The molecule has 0 heterocycles. The highest BCUT2D eigenvalue weighted by molar-refractivity contribution is 5.88. The van der Waals surface area contributed by atoms with E-state index in [1.807, 2.05) is 0 Å². The van der Waals surface area contributed by atoms with Crippen LogP contribution < -0.4 is 5.43 Å². The van der Waals surface area contributed by atoms with Crippen LogP contribution in [0.25, 0.3) is 0 Å². The molecule has 0 fully saturated rings. The van der Waals surface area contributed by atoms with Crippen molar-refractivity contribution < 1.29 is 18.7 Å². The molecule has 0 amide bonds. The summed E-state index contributed by atoms with van der Waals surface area (Å²) in [5.41, 5.74) is 3.46. The molecule has 0 radical (unpaired) electrons. The van der Waals surface area contributed by atoms with Gasteiger partial charge < -0.3 is 5.11 Å². The van der Waals surface area contributed by atoms with Crippen LogP contribution in [0, 0.1) is 11.6 Å². The number of anilines is 1. The fraction of sp³-hybridized carbons (Fsp3) is 0. The Hall–Kier alpha value is -2.76. The highest BCUT2D eigenvalue weighted by atomic mass is 19.1. The summed E-state index contributed by atoms with van der Waals surface area (Å²) in [5.74, 6) is -2.39. The minimum absolute atomic E-state index is 0.140. The first-order valence-corrected chi connectivity index (χ1v) is 5.64. The van der Waals surface area contributed by atoms with Crippen molar-refractivity contribution in [3.05, 3.63) is 65.2 Å². The number of hydrogen-bond acceptors (Lipinski definition) is 3. The Bertz CT molecular complexity index is 655. The molecule has 0 unspecified atom stereocenters. The van der Waals surface area contributed by atoms with Gasteiger partial charge in [0.05, 0.1) is 17.5 Å². The number of carbonyl (C=O) groups is 1. The van der Waals surface area contributed by atoms with Crippen LogP contribution in [-0.2, 0) is 0 Å². The summed E-state index contributed by atoms with van der Waals surface area (Å²) in [7, 11) is 0. The summed E-state index contributed by atoms with van der Waals surface area (Å²) in [6, 6.07) is 9.05. The van der Waals surface area contributed by atoms with Gasteiger partial charge in [0.2, 0.25) is 0 Å². The quantitative estimate of drug-likeness (QED) is 0.666. The van der Waals surface area contributed by atoms with E-state index in [0.29, 0.717) is 5.69 Å². The summed E-state index contributed by atoms with van der Waals surface area (Å²) in [5, 5.41) is 12.5. The first-order valence-electron chi connectivity index (χ1n) is 5.64. The molecule has 0 bridgehead atoms. The fourth-order valence-electron chi connectivity index (χ4n) is 1.47. The van der Waals surface area contributed by atoms with E-state index in [0.717, 1.165) is 12.1 Å². The molecule has 2 N–H and O–H groups in total. The van der Waals surface area contributed by atoms with Crippen LogP contribution in [0.5, 0.6) is 0 Å². The van der Waals surface area contributed by atoms with Crippen molar-refractivity contribution in [1.82, 2.24) is 0 Å². The van der Waals surface area contributed by atoms with Crippen LogP contribution in [0.4, 0.5) is 14.5 Å². The molecule has 2 aromatic carbocycles. The highest BCUT2D eigenvalue weighted by Gasteiger charge is 2.02. The van der Waals surface area contributed by atoms with Gasteiger partial charge in [0.25, 0.3) is 0 Å². The Kier molecular flexibility index (Phi) is 4.05. The molecule has 2 aromatic rings. The number of carboxylic acids is 1. The zero-order chi connectivity index (χ0) is 14.5. The average molecular weight is 276 g/mol. The Morgan fingerprint density at radius 1 is 1.15 bits per heavy atom. The largest absolute Gasteiger partial charge is 0.478 e. The van der Waals surface area contributed by atoms with E-state index in [9.17, 15) is 13.6 Å². The monoisotopic (exact) mass is 276 g/mol. The normalized spacial score (nSPS) is 10.7. The SMILES string of the molecule is O=C(O)c1ccc(N/N=C\c2ccc(F)cc2F)cc1. The second-order valence-electron chi connectivity index (χ2n) is 3.92. The number of nitrogens with one attached hydrogen (secondary N) is 1. The molecule has 0 aliphatic carbocycles.